The highest BCUT2D eigenvalue weighted by Gasteiger charge is 2.48. The number of hydrogen-bond acceptors (Lipinski definition) is 0. The van der Waals surface area contributed by atoms with E-state index in [1.165, 1.54) is 19.3 Å². The molecule has 3 unspecified atom stereocenters. The van der Waals surface area contributed by atoms with Crippen molar-refractivity contribution in [2.75, 3.05) is 0 Å². The molecule has 102 valence electrons. The molecule has 0 bridgehead atoms. The van der Waals surface area contributed by atoms with Gasteiger partial charge in [-0.15, -0.1) is 0 Å². The van der Waals surface area contributed by atoms with Crippen LogP contribution in [-0.4, -0.2) is 0 Å². The van der Waals surface area contributed by atoms with Crippen molar-refractivity contribution in [1.82, 2.24) is 0 Å². The highest BCUT2D eigenvalue weighted by atomic mass is 14.5. The summed E-state index contributed by atoms with van der Waals surface area (Å²) in [5.74, 6) is 3.61. The van der Waals surface area contributed by atoms with Crippen LogP contribution < -0.4 is 0 Å². The van der Waals surface area contributed by atoms with E-state index in [2.05, 4.69) is 55.4 Å². The van der Waals surface area contributed by atoms with Gasteiger partial charge < -0.3 is 0 Å². The molecule has 0 aromatic rings. The fourth-order valence-corrected chi connectivity index (χ4v) is 4.02. The standard InChI is InChI=1S/C17H34/c1-9-14-10-15(14)17(7,8)11-16(5,6)13(4)12(2)3/h12-15H,9-11H2,1-8H3. The lowest BCUT2D eigenvalue weighted by atomic mass is 9.64. The van der Waals surface area contributed by atoms with Crippen LogP contribution in [0.3, 0.4) is 0 Å². The van der Waals surface area contributed by atoms with Gasteiger partial charge in [0.1, 0.15) is 0 Å². The molecule has 0 spiro atoms. The number of hydrogen-bond donors (Lipinski definition) is 0. The van der Waals surface area contributed by atoms with Crippen LogP contribution in [-0.2, 0) is 0 Å². The Kier molecular flexibility index (Phi) is 4.37. The minimum absolute atomic E-state index is 0.471. The average molecular weight is 238 g/mol. The zero-order chi connectivity index (χ0) is 13.4. The summed E-state index contributed by atoms with van der Waals surface area (Å²) in [5.41, 5.74) is 1.01. The summed E-state index contributed by atoms with van der Waals surface area (Å²) < 4.78 is 0. The van der Waals surface area contributed by atoms with Gasteiger partial charge in [-0.05, 0) is 47.3 Å². The first kappa shape index (κ1) is 15.1. The van der Waals surface area contributed by atoms with Crippen LogP contribution in [0, 0.1) is 34.5 Å². The van der Waals surface area contributed by atoms with E-state index in [0.717, 1.165) is 23.7 Å². The van der Waals surface area contributed by atoms with Gasteiger partial charge in [-0.1, -0.05) is 61.8 Å². The second-order valence-electron chi connectivity index (χ2n) is 8.20. The minimum atomic E-state index is 0.471. The molecule has 0 nitrogen and oxygen atoms in total. The molecule has 0 aromatic carbocycles. The Labute approximate surface area is 110 Å². The van der Waals surface area contributed by atoms with Gasteiger partial charge >= 0.3 is 0 Å². The van der Waals surface area contributed by atoms with Crippen LogP contribution in [0.1, 0.15) is 74.7 Å². The van der Waals surface area contributed by atoms with Crippen LogP contribution in [0.5, 0.6) is 0 Å². The second kappa shape index (κ2) is 4.94. The van der Waals surface area contributed by atoms with Crippen LogP contribution in [0.25, 0.3) is 0 Å². The van der Waals surface area contributed by atoms with E-state index >= 15 is 0 Å². The van der Waals surface area contributed by atoms with Crippen LogP contribution >= 0.6 is 0 Å². The molecule has 0 heteroatoms. The van der Waals surface area contributed by atoms with Gasteiger partial charge in [0.05, 0.1) is 0 Å². The Balaban J connectivity index is 2.63. The summed E-state index contributed by atoms with van der Waals surface area (Å²) in [7, 11) is 0. The van der Waals surface area contributed by atoms with Crippen molar-refractivity contribution in [3.05, 3.63) is 0 Å². The van der Waals surface area contributed by atoms with E-state index in [-0.39, 0.29) is 0 Å². The van der Waals surface area contributed by atoms with Gasteiger partial charge in [0.25, 0.3) is 0 Å². The highest BCUT2D eigenvalue weighted by Crippen LogP contribution is 2.57. The van der Waals surface area contributed by atoms with Crippen LogP contribution in [0.4, 0.5) is 0 Å². The van der Waals surface area contributed by atoms with E-state index in [1.54, 1.807) is 0 Å². The highest BCUT2D eigenvalue weighted by molar-refractivity contribution is 4.98. The number of rotatable bonds is 6. The maximum Gasteiger partial charge on any atom is -0.0318 e. The summed E-state index contributed by atoms with van der Waals surface area (Å²) in [5, 5.41) is 0. The van der Waals surface area contributed by atoms with Gasteiger partial charge in [0, 0.05) is 0 Å². The molecule has 0 heterocycles. The van der Waals surface area contributed by atoms with Crippen molar-refractivity contribution in [2.45, 2.75) is 74.7 Å². The fraction of sp³-hybridized carbons (Fsp3) is 1.00. The summed E-state index contributed by atoms with van der Waals surface area (Å²) in [4.78, 5) is 0. The van der Waals surface area contributed by atoms with Crippen molar-refractivity contribution < 1.29 is 0 Å². The maximum absolute atomic E-state index is 2.50. The molecule has 1 aliphatic carbocycles. The molecular formula is C17H34. The van der Waals surface area contributed by atoms with E-state index < -0.39 is 0 Å². The SMILES string of the molecule is CCC1CC1C(C)(C)CC(C)(C)C(C)C(C)C. The van der Waals surface area contributed by atoms with Gasteiger partial charge in [0.15, 0.2) is 0 Å². The summed E-state index contributed by atoms with van der Waals surface area (Å²) in [6.45, 7) is 19.5. The Morgan fingerprint density at radius 2 is 1.59 bits per heavy atom. The van der Waals surface area contributed by atoms with E-state index in [9.17, 15) is 0 Å². The molecule has 17 heavy (non-hydrogen) atoms. The predicted molar refractivity (Wildman–Crippen MR) is 78.1 cm³/mol. The zero-order valence-corrected chi connectivity index (χ0v) is 13.4. The molecule has 0 N–H and O–H groups in total. The van der Waals surface area contributed by atoms with Crippen molar-refractivity contribution in [3.8, 4) is 0 Å². The van der Waals surface area contributed by atoms with Crippen LogP contribution in [0.2, 0.25) is 0 Å². The lowest BCUT2D eigenvalue weighted by Gasteiger charge is -2.41. The third-order valence-electron chi connectivity index (χ3n) is 5.59. The smallest absolute Gasteiger partial charge is 0.0318 e. The lowest BCUT2D eigenvalue weighted by Crippen LogP contribution is -2.32. The van der Waals surface area contributed by atoms with Crippen molar-refractivity contribution >= 4 is 0 Å². The minimum Gasteiger partial charge on any atom is -0.0651 e. The topological polar surface area (TPSA) is 0 Å². The van der Waals surface area contributed by atoms with E-state index in [1.807, 2.05) is 0 Å². The molecule has 1 fully saturated rings. The summed E-state index contributed by atoms with van der Waals surface area (Å²) >= 11 is 0. The normalized spacial score (nSPS) is 27.4. The second-order valence-corrected chi connectivity index (χ2v) is 8.20. The zero-order valence-electron chi connectivity index (χ0n) is 13.4. The maximum atomic E-state index is 2.50. The Morgan fingerprint density at radius 1 is 1.06 bits per heavy atom. The predicted octanol–water partition coefficient (Wildman–Crippen LogP) is 5.77. The Morgan fingerprint density at radius 3 is 1.94 bits per heavy atom. The van der Waals surface area contributed by atoms with Crippen molar-refractivity contribution in [1.29, 1.82) is 0 Å². The third kappa shape index (κ3) is 3.48. The Hall–Kier alpha value is 0. The monoisotopic (exact) mass is 238 g/mol. The van der Waals surface area contributed by atoms with Crippen molar-refractivity contribution in [3.63, 3.8) is 0 Å². The summed E-state index contributed by atoms with van der Waals surface area (Å²) in [6, 6.07) is 0. The summed E-state index contributed by atoms with van der Waals surface area (Å²) in [6.07, 6.45) is 4.24. The Bertz CT molecular complexity index is 247. The molecule has 0 aliphatic heterocycles. The first-order chi connectivity index (χ1) is 7.62. The van der Waals surface area contributed by atoms with E-state index in [4.69, 9.17) is 0 Å². The molecular weight excluding hydrogens is 204 g/mol. The van der Waals surface area contributed by atoms with Crippen molar-refractivity contribution in [2.24, 2.45) is 34.5 Å². The van der Waals surface area contributed by atoms with E-state index in [0.29, 0.717) is 10.8 Å². The van der Waals surface area contributed by atoms with Gasteiger partial charge in [-0.3, -0.25) is 0 Å². The molecule has 1 saturated carbocycles. The van der Waals surface area contributed by atoms with Crippen LogP contribution in [0.15, 0.2) is 0 Å². The fourth-order valence-electron chi connectivity index (χ4n) is 4.02. The average Bonchev–Trinajstić information content (AvgIpc) is 2.94. The quantitative estimate of drug-likeness (QED) is 0.551. The molecule has 3 atom stereocenters. The first-order valence-corrected chi connectivity index (χ1v) is 7.62. The molecule has 1 aliphatic rings. The molecule has 0 radical (unpaired) electrons. The molecule has 0 aromatic heterocycles. The lowest BCUT2D eigenvalue weighted by molar-refractivity contribution is 0.0850. The van der Waals surface area contributed by atoms with Gasteiger partial charge in [-0.2, -0.15) is 0 Å². The molecule has 0 saturated heterocycles. The molecule has 1 rings (SSSR count). The molecule has 0 amide bonds. The van der Waals surface area contributed by atoms with Gasteiger partial charge in [-0.25, -0.2) is 0 Å². The third-order valence-corrected chi connectivity index (χ3v) is 5.59. The first-order valence-electron chi connectivity index (χ1n) is 7.62. The van der Waals surface area contributed by atoms with Gasteiger partial charge in [0.2, 0.25) is 0 Å². The largest absolute Gasteiger partial charge is 0.0651 e.